The van der Waals surface area contributed by atoms with Crippen LogP contribution in [0, 0.1) is 0 Å². The number of unbranched alkanes of at least 4 members (excludes halogenated alkanes) is 3. The van der Waals surface area contributed by atoms with E-state index >= 15 is 0 Å². The molecule has 1 atom stereocenters. The molecule has 0 saturated carbocycles. The fourth-order valence-electron chi connectivity index (χ4n) is 4.35. The van der Waals surface area contributed by atoms with Crippen molar-refractivity contribution in [2.45, 2.75) is 58.4 Å². The highest BCUT2D eigenvalue weighted by Crippen LogP contribution is 2.40. The molecule has 37 heavy (non-hydrogen) atoms. The molecule has 0 aromatic heterocycles. The highest BCUT2D eigenvalue weighted by atomic mass is 16.5. The van der Waals surface area contributed by atoms with Crippen molar-refractivity contribution in [3.63, 3.8) is 0 Å². The van der Waals surface area contributed by atoms with Gasteiger partial charge in [0, 0.05) is 25.8 Å². The molecular formula is C30H39NO6. The molecule has 1 saturated heterocycles. The Morgan fingerprint density at radius 2 is 1.57 bits per heavy atom. The van der Waals surface area contributed by atoms with Gasteiger partial charge in [0.25, 0.3) is 11.7 Å². The maximum Gasteiger partial charge on any atom is 0.295 e. The van der Waals surface area contributed by atoms with Crippen molar-refractivity contribution >= 4 is 17.4 Å². The van der Waals surface area contributed by atoms with Gasteiger partial charge in [-0.2, -0.15) is 0 Å². The third kappa shape index (κ3) is 7.35. The van der Waals surface area contributed by atoms with Gasteiger partial charge < -0.3 is 24.2 Å². The molecule has 1 N–H and O–H groups in total. The predicted molar refractivity (Wildman–Crippen MR) is 144 cm³/mol. The maximum atomic E-state index is 13.2. The molecule has 0 spiro atoms. The Balaban J connectivity index is 1.95. The lowest BCUT2D eigenvalue weighted by Gasteiger charge is -2.25. The lowest BCUT2D eigenvalue weighted by molar-refractivity contribution is -0.140. The Morgan fingerprint density at radius 3 is 2.27 bits per heavy atom. The van der Waals surface area contributed by atoms with Gasteiger partial charge in [-0.05, 0) is 49.1 Å². The van der Waals surface area contributed by atoms with E-state index in [1.54, 1.807) is 25.3 Å². The molecule has 7 heteroatoms. The number of likely N-dealkylation sites (tertiary alicyclic amines) is 1. The van der Waals surface area contributed by atoms with Gasteiger partial charge in [0.15, 0.2) is 0 Å². The van der Waals surface area contributed by atoms with Crippen LogP contribution in [-0.4, -0.2) is 55.2 Å². The van der Waals surface area contributed by atoms with Crippen LogP contribution in [0.5, 0.6) is 11.5 Å². The molecule has 2 aromatic rings. The van der Waals surface area contributed by atoms with Crippen LogP contribution in [0.15, 0.2) is 54.1 Å². The second kappa shape index (κ2) is 14.4. The predicted octanol–water partition coefficient (Wildman–Crippen LogP) is 5.89. The molecule has 1 amide bonds. The van der Waals surface area contributed by atoms with Gasteiger partial charge in [0.1, 0.15) is 17.3 Å². The first-order valence-electron chi connectivity index (χ1n) is 13.2. The van der Waals surface area contributed by atoms with Crippen molar-refractivity contribution < 1.29 is 28.9 Å². The van der Waals surface area contributed by atoms with E-state index in [2.05, 4.69) is 13.8 Å². The van der Waals surface area contributed by atoms with Gasteiger partial charge >= 0.3 is 0 Å². The quantitative estimate of drug-likeness (QED) is 0.139. The summed E-state index contributed by atoms with van der Waals surface area (Å²) in [5, 5.41) is 11.3. The zero-order chi connectivity index (χ0) is 26.6. The largest absolute Gasteiger partial charge is 0.507 e. The van der Waals surface area contributed by atoms with E-state index in [0.717, 1.165) is 43.4 Å². The topological polar surface area (TPSA) is 85.3 Å². The number of aliphatic hydroxyl groups excluding tert-OH is 1. The summed E-state index contributed by atoms with van der Waals surface area (Å²) in [6, 6.07) is 13.7. The second-order valence-electron chi connectivity index (χ2n) is 9.19. The molecule has 200 valence electrons. The van der Waals surface area contributed by atoms with Crippen LogP contribution in [0.3, 0.4) is 0 Å². The molecule has 2 aromatic carbocycles. The zero-order valence-corrected chi connectivity index (χ0v) is 22.2. The minimum atomic E-state index is -0.712. The minimum absolute atomic E-state index is 0.0738. The Kier molecular flexibility index (Phi) is 11.0. The third-order valence-electron chi connectivity index (χ3n) is 6.37. The van der Waals surface area contributed by atoms with Crippen molar-refractivity contribution in [2.24, 2.45) is 0 Å². The number of carbonyl (C=O) groups is 2. The Bertz CT molecular complexity index is 1060. The normalized spacial score (nSPS) is 16.8. The summed E-state index contributed by atoms with van der Waals surface area (Å²) >= 11 is 0. The number of rotatable bonds is 15. The van der Waals surface area contributed by atoms with Crippen molar-refractivity contribution in [2.75, 3.05) is 33.5 Å². The van der Waals surface area contributed by atoms with E-state index in [1.165, 1.54) is 4.90 Å². The summed E-state index contributed by atoms with van der Waals surface area (Å²) in [7, 11) is 1.60. The van der Waals surface area contributed by atoms with Crippen LogP contribution in [0.4, 0.5) is 0 Å². The van der Waals surface area contributed by atoms with Gasteiger partial charge in [-0.1, -0.05) is 57.4 Å². The monoisotopic (exact) mass is 509 g/mol. The number of hydrogen-bond acceptors (Lipinski definition) is 6. The Labute approximate surface area is 220 Å². The number of ether oxygens (including phenoxy) is 3. The number of ketones is 1. The summed E-state index contributed by atoms with van der Waals surface area (Å²) in [6.45, 7) is 6.22. The Morgan fingerprint density at radius 1 is 0.865 bits per heavy atom. The van der Waals surface area contributed by atoms with Crippen LogP contribution in [0.2, 0.25) is 0 Å². The van der Waals surface area contributed by atoms with Gasteiger partial charge in [0.2, 0.25) is 0 Å². The molecule has 0 aliphatic carbocycles. The lowest BCUT2D eigenvalue weighted by Crippen LogP contribution is -2.31. The van der Waals surface area contributed by atoms with E-state index in [4.69, 9.17) is 14.2 Å². The molecule has 0 bridgehead atoms. The van der Waals surface area contributed by atoms with Crippen molar-refractivity contribution in [1.82, 2.24) is 4.90 Å². The zero-order valence-electron chi connectivity index (χ0n) is 22.2. The average Bonchev–Trinajstić information content (AvgIpc) is 3.16. The number of Topliss-reactive ketones (excluding diaryl/α,β-unsaturated/α-hetero) is 1. The van der Waals surface area contributed by atoms with Crippen LogP contribution in [0.1, 0.15) is 69.5 Å². The van der Waals surface area contributed by atoms with E-state index in [0.29, 0.717) is 44.1 Å². The number of hydrogen-bond donors (Lipinski definition) is 1. The molecular weight excluding hydrogens is 470 g/mol. The van der Waals surface area contributed by atoms with Crippen molar-refractivity contribution in [1.29, 1.82) is 0 Å². The smallest absolute Gasteiger partial charge is 0.295 e. The van der Waals surface area contributed by atoms with Crippen LogP contribution in [0.25, 0.3) is 5.76 Å². The summed E-state index contributed by atoms with van der Waals surface area (Å²) in [4.78, 5) is 27.8. The fraction of sp³-hybridized carbons (Fsp3) is 0.467. The second-order valence-corrected chi connectivity index (χ2v) is 9.19. The van der Waals surface area contributed by atoms with Crippen molar-refractivity contribution in [3.05, 3.63) is 65.2 Å². The van der Waals surface area contributed by atoms with Crippen LogP contribution >= 0.6 is 0 Å². The van der Waals surface area contributed by atoms with E-state index in [9.17, 15) is 14.7 Å². The lowest BCUT2D eigenvalue weighted by atomic mass is 9.95. The molecule has 7 nitrogen and oxygen atoms in total. The van der Waals surface area contributed by atoms with Gasteiger partial charge in [0.05, 0.1) is 24.8 Å². The molecule has 1 aliphatic heterocycles. The van der Waals surface area contributed by atoms with E-state index < -0.39 is 17.7 Å². The summed E-state index contributed by atoms with van der Waals surface area (Å²) < 4.78 is 16.8. The van der Waals surface area contributed by atoms with Gasteiger partial charge in [-0.3, -0.25) is 9.59 Å². The van der Waals surface area contributed by atoms with Crippen molar-refractivity contribution in [3.8, 4) is 11.5 Å². The number of aliphatic hydroxyl groups is 1. The summed E-state index contributed by atoms with van der Waals surface area (Å²) in [6.07, 6.45) is 5.71. The average molecular weight is 510 g/mol. The molecule has 3 rings (SSSR count). The fourth-order valence-corrected chi connectivity index (χ4v) is 4.35. The van der Waals surface area contributed by atoms with E-state index in [-0.39, 0.29) is 11.3 Å². The standard InChI is InChI=1S/C30H39NO6/c1-4-6-8-20-36-24-15-13-22(14-16-24)27-26(29(33)30(34)31(27)17-10-18-35-3)28(32)23-11-9-12-25(21-23)37-19-7-5-2/h9,11-16,21,27,32H,4-8,10,17-20H2,1-3H3/b28-26+. The Hall–Kier alpha value is -3.32. The van der Waals surface area contributed by atoms with Crippen LogP contribution < -0.4 is 9.47 Å². The third-order valence-corrected chi connectivity index (χ3v) is 6.37. The number of amides is 1. The molecule has 1 heterocycles. The number of carbonyl (C=O) groups excluding carboxylic acids is 2. The molecule has 1 aliphatic rings. The van der Waals surface area contributed by atoms with Crippen LogP contribution in [-0.2, 0) is 14.3 Å². The highest BCUT2D eigenvalue weighted by molar-refractivity contribution is 6.46. The minimum Gasteiger partial charge on any atom is -0.507 e. The first kappa shape index (κ1) is 28.3. The first-order chi connectivity index (χ1) is 18.0. The number of methoxy groups -OCH3 is 1. The van der Waals surface area contributed by atoms with Gasteiger partial charge in [-0.15, -0.1) is 0 Å². The van der Waals surface area contributed by atoms with Gasteiger partial charge in [-0.25, -0.2) is 0 Å². The molecule has 1 fully saturated rings. The number of benzene rings is 2. The molecule has 0 radical (unpaired) electrons. The number of nitrogens with zero attached hydrogens (tertiary/aromatic N) is 1. The van der Waals surface area contributed by atoms with E-state index in [1.807, 2.05) is 30.3 Å². The highest BCUT2D eigenvalue weighted by Gasteiger charge is 2.45. The summed E-state index contributed by atoms with van der Waals surface area (Å²) in [5.41, 5.74) is 1.24. The SMILES string of the molecule is CCCCCOc1ccc(C2/C(=C(\O)c3cccc(OCCCC)c3)C(=O)C(=O)N2CCCOC)cc1. The summed E-state index contributed by atoms with van der Waals surface area (Å²) in [5.74, 6) is -0.200. The molecule has 1 unspecified atom stereocenters. The maximum absolute atomic E-state index is 13.2. The first-order valence-corrected chi connectivity index (χ1v) is 13.2.